The average Bonchev–Trinajstić information content (AvgIpc) is 2.93. The maximum Gasteiger partial charge on any atom is 0.400 e. The highest BCUT2D eigenvalue weighted by molar-refractivity contribution is 5.91. The molecule has 230 valence electrons. The van der Waals surface area contributed by atoms with E-state index in [1.54, 1.807) is 6.07 Å². The summed E-state index contributed by atoms with van der Waals surface area (Å²) >= 11 is 0. The quantitative estimate of drug-likeness (QED) is 0.0827. The fraction of sp³-hybridized carbons (Fsp3) is 0.467. The van der Waals surface area contributed by atoms with Gasteiger partial charge < -0.3 is 25.7 Å². The van der Waals surface area contributed by atoms with Crippen molar-refractivity contribution in [2.45, 2.75) is 63.7 Å². The number of halogens is 5. The van der Waals surface area contributed by atoms with Crippen LogP contribution in [-0.2, 0) is 14.3 Å². The summed E-state index contributed by atoms with van der Waals surface area (Å²) in [5, 5.41) is 0. The number of hydrogen-bond acceptors (Lipinski definition) is 7. The summed E-state index contributed by atoms with van der Waals surface area (Å²) < 4.78 is 82.6. The smallest absolute Gasteiger partial charge is 0.400 e. The minimum absolute atomic E-state index is 0.123. The number of hydrogen-bond donors (Lipinski definition) is 2. The number of carbonyl (C=O) groups excluding carboxylic acids is 2. The molecule has 42 heavy (non-hydrogen) atoms. The van der Waals surface area contributed by atoms with Crippen LogP contribution in [0.2, 0.25) is 0 Å². The number of benzene rings is 2. The summed E-state index contributed by atoms with van der Waals surface area (Å²) in [6, 6.07) is 10.1. The molecule has 1 saturated carbocycles. The molecule has 0 radical (unpaired) electrons. The van der Waals surface area contributed by atoms with E-state index in [0.717, 1.165) is 12.8 Å². The van der Waals surface area contributed by atoms with Gasteiger partial charge in [-0.3, -0.25) is 0 Å². The lowest BCUT2D eigenvalue weighted by Crippen LogP contribution is -2.39. The van der Waals surface area contributed by atoms with Crippen molar-refractivity contribution >= 4 is 29.4 Å². The van der Waals surface area contributed by atoms with Gasteiger partial charge in [0.05, 0.1) is 30.6 Å². The van der Waals surface area contributed by atoms with Crippen LogP contribution < -0.4 is 16.2 Å². The molecule has 0 aromatic heterocycles. The Balaban J connectivity index is 1.29. The molecule has 0 bridgehead atoms. The van der Waals surface area contributed by atoms with E-state index >= 15 is 0 Å². The van der Waals surface area contributed by atoms with Gasteiger partial charge in [0.25, 0.3) is 0 Å². The van der Waals surface area contributed by atoms with E-state index in [-0.39, 0.29) is 44.6 Å². The van der Waals surface area contributed by atoms with Gasteiger partial charge in [-0.15, -0.1) is 0 Å². The molecular formula is C30H35F5N2O5. The maximum atomic E-state index is 14.5. The first-order chi connectivity index (χ1) is 19.8. The van der Waals surface area contributed by atoms with Crippen LogP contribution in [0.15, 0.2) is 48.5 Å². The van der Waals surface area contributed by atoms with Gasteiger partial charge in [0.15, 0.2) is 0 Å². The number of nitrogens with two attached hydrogens (primary N) is 2. The SMILES string of the molecule is Nc1cc(N)cc(C(=O)OCCCCCCOC(=O)C=Cc2ccc(OC(F)(F)C3CCC(C(F)(F)F)CC3)cc2)c1. The van der Waals surface area contributed by atoms with Gasteiger partial charge in [-0.2, -0.15) is 22.0 Å². The third-order valence-electron chi connectivity index (χ3n) is 6.94. The Kier molecular flexibility index (Phi) is 11.6. The van der Waals surface area contributed by atoms with Crippen molar-refractivity contribution in [3.05, 3.63) is 59.7 Å². The fourth-order valence-electron chi connectivity index (χ4n) is 4.63. The summed E-state index contributed by atoms with van der Waals surface area (Å²) in [6.45, 7) is 0.443. The lowest BCUT2D eigenvalue weighted by Gasteiger charge is -2.33. The number of ether oxygens (including phenoxy) is 3. The Hall–Kier alpha value is -3.83. The molecule has 4 N–H and O–H groups in total. The number of nitrogen functional groups attached to an aromatic ring is 2. The van der Waals surface area contributed by atoms with Crippen LogP contribution in [-0.4, -0.2) is 37.4 Å². The van der Waals surface area contributed by atoms with Crippen molar-refractivity contribution < 1.29 is 45.8 Å². The zero-order chi connectivity index (χ0) is 30.8. The molecule has 0 heterocycles. The zero-order valence-electron chi connectivity index (χ0n) is 23.0. The predicted molar refractivity (Wildman–Crippen MR) is 148 cm³/mol. The number of carbonyl (C=O) groups is 2. The third kappa shape index (κ3) is 10.5. The minimum Gasteiger partial charge on any atom is -0.463 e. The Morgan fingerprint density at radius 2 is 1.33 bits per heavy atom. The molecule has 2 aromatic rings. The topological polar surface area (TPSA) is 114 Å². The van der Waals surface area contributed by atoms with Crippen LogP contribution in [0.25, 0.3) is 6.08 Å². The Labute approximate surface area is 241 Å². The third-order valence-corrected chi connectivity index (χ3v) is 6.94. The molecule has 7 nitrogen and oxygen atoms in total. The lowest BCUT2D eigenvalue weighted by molar-refractivity contribution is -0.237. The van der Waals surface area contributed by atoms with Gasteiger partial charge >= 0.3 is 24.2 Å². The standard InChI is InChI=1S/C30H35F5N2O5/c31-29(32,33)22-8-10-23(11-9-22)30(34,35)42-26-12-5-20(6-13-26)7-14-27(38)40-15-3-1-2-4-16-41-28(39)21-17-24(36)19-25(37)18-21/h5-7,12-14,17-19,22-23H,1-4,8-11,15-16,36-37H2. The predicted octanol–water partition coefficient (Wildman–Crippen LogP) is 7.17. The van der Waals surface area contributed by atoms with E-state index in [1.807, 2.05) is 0 Å². The molecule has 1 aliphatic carbocycles. The largest absolute Gasteiger partial charge is 0.463 e. The maximum absolute atomic E-state index is 14.5. The van der Waals surface area contributed by atoms with E-state index in [0.29, 0.717) is 35.3 Å². The van der Waals surface area contributed by atoms with Gasteiger partial charge in [0.2, 0.25) is 0 Å². The molecule has 1 aliphatic rings. The second kappa shape index (κ2) is 14.9. The van der Waals surface area contributed by atoms with Crippen LogP contribution in [0.3, 0.4) is 0 Å². The van der Waals surface area contributed by atoms with Crippen molar-refractivity contribution in [2.24, 2.45) is 11.8 Å². The van der Waals surface area contributed by atoms with Crippen LogP contribution in [0, 0.1) is 11.8 Å². The van der Waals surface area contributed by atoms with Crippen LogP contribution in [0.4, 0.5) is 33.3 Å². The molecule has 0 atom stereocenters. The Morgan fingerprint density at radius 3 is 1.90 bits per heavy atom. The zero-order valence-corrected chi connectivity index (χ0v) is 23.0. The van der Waals surface area contributed by atoms with Gasteiger partial charge in [0.1, 0.15) is 5.75 Å². The first-order valence-corrected chi connectivity index (χ1v) is 13.7. The number of alkyl halides is 5. The molecular weight excluding hydrogens is 563 g/mol. The van der Waals surface area contributed by atoms with E-state index in [4.69, 9.17) is 25.7 Å². The molecule has 0 aliphatic heterocycles. The summed E-state index contributed by atoms with van der Waals surface area (Å²) in [4.78, 5) is 24.0. The summed E-state index contributed by atoms with van der Waals surface area (Å²) in [7, 11) is 0. The van der Waals surface area contributed by atoms with Crippen molar-refractivity contribution in [1.29, 1.82) is 0 Å². The molecule has 12 heteroatoms. The summed E-state index contributed by atoms with van der Waals surface area (Å²) in [6.07, 6.45) is -3.71. The number of rotatable bonds is 13. The minimum atomic E-state index is -4.37. The number of anilines is 2. The van der Waals surface area contributed by atoms with E-state index in [1.165, 1.54) is 48.6 Å². The van der Waals surface area contributed by atoms with Crippen molar-refractivity contribution in [3.8, 4) is 5.75 Å². The molecule has 0 amide bonds. The Morgan fingerprint density at radius 1 is 0.786 bits per heavy atom. The van der Waals surface area contributed by atoms with Gasteiger partial charge in [-0.05, 0) is 93.3 Å². The molecule has 2 aromatic carbocycles. The molecule has 0 unspecified atom stereocenters. The lowest BCUT2D eigenvalue weighted by atomic mass is 9.81. The van der Waals surface area contributed by atoms with Gasteiger partial charge in [-0.25, -0.2) is 9.59 Å². The number of unbranched alkanes of at least 4 members (excludes halogenated alkanes) is 3. The normalized spacial score (nSPS) is 17.6. The first-order valence-electron chi connectivity index (χ1n) is 13.7. The second-order valence-electron chi connectivity index (χ2n) is 10.3. The molecule has 0 spiro atoms. The molecule has 3 rings (SSSR count). The van der Waals surface area contributed by atoms with Gasteiger partial charge in [0, 0.05) is 17.5 Å². The first kappa shape index (κ1) is 32.7. The monoisotopic (exact) mass is 598 g/mol. The Bertz CT molecular complexity index is 1190. The van der Waals surface area contributed by atoms with Crippen LogP contribution in [0.1, 0.15) is 67.3 Å². The van der Waals surface area contributed by atoms with Crippen LogP contribution in [0.5, 0.6) is 5.75 Å². The van der Waals surface area contributed by atoms with Crippen molar-refractivity contribution in [2.75, 3.05) is 24.7 Å². The van der Waals surface area contributed by atoms with E-state index in [9.17, 15) is 31.5 Å². The fourth-order valence-corrected chi connectivity index (χ4v) is 4.63. The van der Waals surface area contributed by atoms with E-state index in [2.05, 4.69) is 0 Å². The molecule has 0 saturated heterocycles. The summed E-state index contributed by atoms with van der Waals surface area (Å²) in [5.41, 5.74) is 12.9. The van der Waals surface area contributed by atoms with Crippen LogP contribution >= 0.6 is 0 Å². The highest BCUT2D eigenvalue weighted by atomic mass is 19.4. The number of esters is 2. The average molecular weight is 599 g/mol. The van der Waals surface area contributed by atoms with Crippen molar-refractivity contribution in [1.82, 2.24) is 0 Å². The summed E-state index contributed by atoms with van der Waals surface area (Å²) in [5.74, 6) is -4.02. The molecule has 1 fully saturated rings. The van der Waals surface area contributed by atoms with Gasteiger partial charge in [-0.1, -0.05) is 12.1 Å². The van der Waals surface area contributed by atoms with Crippen molar-refractivity contribution in [3.63, 3.8) is 0 Å². The van der Waals surface area contributed by atoms with E-state index < -0.39 is 36.1 Å². The highest BCUT2D eigenvalue weighted by Crippen LogP contribution is 2.44. The highest BCUT2D eigenvalue weighted by Gasteiger charge is 2.48. The second-order valence-corrected chi connectivity index (χ2v) is 10.3.